The summed E-state index contributed by atoms with van der Waals surface area (Å²) in [6.07, 6.45) is 5.30. The fourth-order valence-electron chi connectivity index (χ4n) is 3.39. The molecule has 0 aliphatic carbocycles. The van der Waals surface area contributed by atoms with Gasteiger partial charge in [0.15, 0.2) is 0 Å². The Bertz CT molecular complexity index is 314. The van der Waals surface area contributed by atoms with Gasteiger partial charge in [0.25, 0.3) is 0 Å². The van der Waals surface area contributed by atoms with Gasteiger partial charge in [-0.3, -0.25) is 4.90 Å². The number of carbonyl (C=O) groups is 1. The summed E-state index contributed by atoms with van der Waals surface area (Å²) in [5.41, 5.74) is -0.539. The van der Waals surface area contributed by atoms with E-state index in [9.17, 15) is 4.79 Å². The van der Waals surface area contributed by atoms with Crippen molar-refractivity contribution in [3.8, 4) is 0 Å². The normalized spacial score (nSPS) is 31.6. The molecule has 0 aromatic rings. The maximum atomic E-state index is 12.4. The first-order chi connectivity index (χ1) is 8.38. The summed E-state index contributed by atoms with van der Waals surface area (Å²) in [7, 11) is 1.71. The van der Waals surface area contributed by atoms with Gasteiger partial charge in [0.1, 0.15) is 5.60 Å². The summed E-state index contributed by atoms with van der Waals surface area (Å²) in [6, 6.07) is 0.351. The lowest BCUT2D eigenvalue weighted by Gasteiger charge is -2.44. The SMILES string of the molecule is COCC12CCCC(CC1)N2C(=O)OC(C)(C)C. The van der Waals surface area contributed by atoms with Crippen molar-refractivity contribution in [3.05, 3.63) is 0 Å². The number of carbonyl (C=O) groups excluding carboxylic acids is 1. The standard InChI is InChI=1S/C14H25NO3/c1-13(2,3)18-12(16)15-11-6-5-8-14(15,9-7-11)10-17-4/h11H,5-10H2,1-4H3. The van der Waals surface area contributed by atoms with Gasteiger partial charge in [0.05, 0.1) is 12.1 Å². The zero-order valence-corrected chi connectivity index (χ0v) is 12.0. The Labute approximate surface area is 110 Å². The minimum Gasteiger partial charge on any atom is -0.444 e. The molecular weight excluding hydrogens is 230 g/mol. The lowest BCUT2D eigenvalue weighted by Crippen LogP contribution is -2.56. The first-order valence-corrected chi connectivity index (χ1v) is 6.89. The Morgan fingerprint density at radius 1 is 1.33 bits per heavy atom. The highest BCUT2D eigenvalue weighted by atomic mass is 16.6. The van der Waals surface area contributed by atoms with Gasteiger partial charge in [-0.2, -0.15) is 0 Å². The maximum Gasteiger partial charge on any atom is 0.411 e. The monoisotopic (exact) mass is 255 g/mol. The van der Waals surface area contributed by atoms with Crippen molar-refractivity contribution in [1.29, 1.82) is 0 Å². The van der Waals surface area contributed by atoms with Crippen molar-refractivity contribution in [2.45, 2.75) is 70.1 Å². The number of fused-ring (bicyclic) bond motifs is 2. The summed E-state index contributed by atoms with van der Waals surface area (Å²) >= 11 is 0. The van der Waals surface area contributed by atoms with Gasteiger partial charge in [-0.25, -0.2) is 4.79 Å². The molecule has 0 aromatic heterocycles. The number of piperidine rings is 1. The van der Waals surface area contributed by atoms with Crippen LogP contribution < -0.4 is 0 Å². The zero-order valence-electron chi connectivity index (χ0n) is 12.0. The lowest BCUT2D eigenvalue weighted by atomic mass is 9.89. The minimum atomic E-state index is -0.428. The van der Waals surface area contributed by atoms with E-state index in [-0.39, 0.29) is 11.6 Å². The second-order valence-electron chi connectivity index (χ2n) is 6.59. The molecule has 0 spiro atoms. The molecule has 2 saturated heterocycles. The second kappa shape index (κ2) is 4.72. The zero-order chi connectivity index (χ0) is 13.4. The van der Waals surface area contributed by atoms with Crippen LogP contribution in [0.2, 0.25) is 0 Å². The molecular formula is C14H25NO3. The molecule has 2 unspecified atom stereocenters. The molecule has 18 heavy (non-hydrogen) atoms. The van der Waals surface area contributed by atoms with Crippen LogP contribution in [0.1, 0.15) is 52.9 Å². The fourth-order valence-corrected chi connectivity index (χ4v) is 3.39. The third kappa shape index (κ3) is 2.48. The molecule has 2 aliphatic rings. The van der Waals surface area contributed by atoms with Crippen LogP contribution in [0.4, 0.5) is 4.79 Å². The van der Waals surface area contributed by atoms with Crippen molar-refractivity contribution in [1.82, 2.24) is 4.90 Å². The first kappa shape index (κ1) is 13.7. The van der Waals surface area contributed by atoms with Crippen LogP contribution in [-0.2, 0) is 9.47 Å². The van der Waals surface area contributed by atoms with Gasteiger partial charge in [-0.15, -0.1) is 0 Å². The van der Waals surface area contributed by atoms with Gasteiger partial charge in [0, 0.05) is 13.2 Å². The lowest BCUT2D eigenvalue weighted by molar-refractivity contribution is -0.0362. The molecule has 2 heterocycles. The highest BCUT2D eigenvalue weighted by molar-refractivity contribution is 5.70. The highest BCUT2D eigenvalue weighted by Crippen LogP contribution is 2.44. The van der Waals surface area contributed by atoms with E-state index in [4.69, 9.17) is 9.47 Å². The number of ether oxygens (including phenoxy) is 2. The molecule has 0 saturated carbocycles. The van der Waals surface area contributed by atoms with Crippen LogP contribution in [0.5, 0.6) is 0 Å². The van der Waals surface area contributed by atoms with Crippen LogP contribution in [0, 0.1) is 0 Å². The molecule has 104 valence electrons. The van der Waals surface area contributed by atoms with Crippen molar-refractivity contribution in [2.75, 3.05) is 13.7 Å². The van der Waals surface area contributed by atoms with Crippen LogP contribution in [0.25, 0.3) is 0 Å². The maximum absolute atomic E-state index is 12.4. The molecule has 1 amide bonds. The van der Waals surface area contributed by atoms with Crippen LogP contribution in [-0.4, -0.2) is 41.9 Å². The Morgan fingerprint density at radius 2 is 2.06 bits per heavy atom. The predicted molar refractivity (Wildman–Crippen MR) is 69.6 cm³/mol. The molecule has 0 aromatic carbocycles. The predicted octanol–water partition coefficient (Wildman–Crippen LogP) is 2.96. The Balaban J connectivity index is 2.16. The van der Waals surface area contributed by atoms with Crippen molar-refractivity contribution < 1.29 is 14.3 Å². The molecule has 2 atom stereocenters. The Morgan fingerprint density at radius 3 is 2.67 bits per heavy atom. The number of nitrogens with zero attached hydrogens (tertiary/aromatic N) is 1. The molecule has 4 heteroatoms. The largest absolute Gasteiger partial charge is 0.444 e. The molecule has 2 rings (SSSR count). The van der Waals surface area contributed by atoms with Crippen LogP contribution in [0.15, 0.2) is 0 Å². The number of hydrogen-bond donors (Lipinski definition) is 0. The van der Waals surface area contributed by atoms with Crippen LogP contribution in [0.3, 0.4) is 0 Å². The van der Waals surface area contributed by atoms with E-state index in [1.807, 2.05) is 25.7 Å². The molecule has 0 N–H and O–H groups in total. The molecule has 0 radical (unpaired) electrons. The van der Waals surface area contributed by atoms with Crippen molar-refractivity contribution in [2.24, 2.45) is 0 Å². The third-order valence-corrected chi connectivity index (χ3v) is 4.00. The van der Waals surface area contributed by atoms with Crippen LogP contribution >= 0.6 is 0 Å². The van der Waals surface area contributed by atoms with E-state index in [1.165, 1.54) is 6.42 Å². The van der Waals surface area contributed by atoms with Gasteiger partial charge in [-0.1, -0.05) is 0 Å². The number of rotatable bonds is 2. The fraction of sp³-hybridized carbons (Fsp3) is 0.929. The highest BCUT2D eigenvalue weighted by Gasteiger charge is 2.52. The number of hydrogen-bond acceptors (Lipinski definition) is 3. The van der Waals surface area contributed by atoms with Gasteiger partial charge in [0.2, 0.25) is 0 Å². The van der Waals surface area contributed by atoms with E-state index in [0.717, 1.165) is 25.7 Å². The van der Waals surface area contributed by atoms with Crippen molar-refractivity contribution >= 4 is 6.09 Å². The second-order valence-corrected chi connectivity index (χ2v) is 6.59. The average Bonchev–Trinajstić information content (AvgIpc) is 2.44. The summed E-state index contributed by atoms with van der Waals surface area (Å²) in [4.78, 5) is 14.4. The molecule has 2 fully saturated rings. The molecule has 2 bridgehead atoms. The van der Waals surface area contributed by atoms with Gasteiger partial charge >= 0.3 is 6.09 Å². The molecule has 2 aliphatic heterocycles. The van der Waals surface area contributed by atoms with Gasteiger partial charge < -0.3 is 9.47 Å². The summed E-state index contributed by atoms with van der Waals surface area (Å²) in [5, 5.41) is 0. The van der Waals surface area contributed by atoms with E-state index in [2.05, 4.69) is 0 Å². The van der Waals surface area contributed by atoms with E-state index in [1.54, 1.807) is 7.11 Å². The smallest absolute Gasteiger partial charge is 0.411 e. The minimum absolute atomic E-state index is 0.111. The van der Waals surface area contributed by atoms with E-state index in [0.29, 0.717) is 12.6 Å². The Hall–Kier alpha value is -0.770. The summed E-state index contributed by atoms with van der Waals surface area (Å²) in [5.74, 6) is 0. The van der Waals surface area contributed by atoms with Crippen molar-refractivity contribution in [3.63, 3.8) is 0 Å². The number of amides is 1. The quantitative estimate of drug-likeness (QED) is 0.761. The van der Waals surface area contributed by atoms with E-state index >= 15 is 0 Å². The first-order valence-electron chi connectivity index (χ1n) is 6.89. The average molecular weight is 255 g/mol. The van der Waals surface area contributed by atoms with E-state index < -0.39 is 5.60 Å². The topological polar surface area (TPSA) is 38.8 Å². The molecule has 4 nitrogen and oxygen atoms in total. The van der Waals surface area contributed by atoms with Gasteiger partial charge in [-0.05, 0) is 52.9 Å². The summed E-state index contributed by atoms with van der Waals surface area (Å²) < 4.78 is 10.9. The third-order valence-electron chi connectivity index (χ3n) is 4.00. The Kier molecular flexibility index (Phi) is 3.58. The number of methoxy groups -OCH3 is 1. The summed E-state index contributed by atoms with van der Waals surface area (Å²) in [6.45, 7) is 6.38.